The van der Waals surface area contributed by atoms with Gasteiger partial charge in [-0.1, -0.05) is 0 Å². The Balaban J connectivity index is 1.88. The van der Waals surface area contributed by atoms with E-state index in [1.807, 2.05) is 0 Å². The fourth-order valence-corrected chi connectivity index (χ4v) is 4.96. The van der Waals surface area contributed by atoms with E-state index in [2.05, 4.69) is 26.1 Å². The minimum absolute atomic E-state index is 0.0409. The predicted molar refractivity (Wildman–Crippen MR) is 83.0 cm³/mol. The topological polar surface area (TPSA) is 102 Å². The Bertz CT molecular complexity index is 611. The number of nitrogens with one attached hydrogen (secondary N) is 1. The summed E-state index contributed by atoms with van der Waals surface area (Å²) in [6.07, 6.45) is 0. The number of thiophene rings is 1. The highest BCUT2D eigenvalue weighted by molar-refractivity contribution is 9.10. The smallest absolute Gasteiger partial charge is 0.261 e. The van der Waals surface area contributed by atoms with Gasteiger partial charge in [0.25, 0.3) is 5.91 Å². The molecule has 0 atom stereocenters. The lowest BCUT2D eigenvalue weighted by molar-refractivity contribution is 0.0383. The zero-order chi connectivity index (χ0) is 15.5. The number of morpholine rings is 1. The minimum Gasteiger partial charge on any atom is -0.379 e. The van der Waals surface area contributed by atoms with Crippen molar-refractivity contribution in [3.8, 4) is 0 Å². The van der Waals surface area contributed by atoms with Crippen LogP contribution in [0.5, 0.6) is 0 Å². The van der Waals surface area contributed by atoms with E-state index in [1.54, 1.807) is 0 Å². The molecule has 1 fully saturated rings. The van der Waals surface area contributed by atoms with Crippen molar-refractivity contribution in [3.63, 3.8) is 0 Å². The van der Waals surface area contributed by atoms with Gasteiger partial charge in [0.1, 0.15) is 4.21 Å². The Morgan fingerprint density at radius 2 is 2.14 bits per heavy atom. The van der Waals surface area contributed by atoms with Crippen molar-refractivity contribution in [3.05, 3.63) is 15.4 Å². The van der Waals surface area contributed by atoms with Gasteiger partial charge < -0.3 is 10.1 Å². The Hall–Kier alpha value is -0.520. The van der Waals surface area contributed by atoms with Crippen molar-refractivity contribution in [1.29, 1.82) is 0 Å². The van der Waals surface area contributed by atoms with Crippen LogP contribution in [-0.4, -0.2) is 58.6 Å². The lowest BCUT2D eigenvalue weighted by atomic mass is 10.4. The van der Waals surface area contributed by atoms with Gasteiger partial charge in [0.05, 0.1) is 18.1 Å². The number of carbonyl (C=O) groups excluding carboxylic acids is 1. The Morgan fingerprint density at radius 3 is 2.71 bits per heavy atom. The van der Waals surface area contributed by atoms with Gasteiger partial charge in [0.15, 0.2) is 0 Å². The molecule has 2 heterocycles. The number of nitrogens with zero attached hydrogens (tertiary/aromatic N) is 1. The maximum atomic E-state index is 12.0. The highest BCUT2D eigenvalue weighted by atomic mass is 79.9. The molecule has 0 radical (unpaired) electrons. The van der Waals surface area contributed by atoms with E-state index in [-0.39, 0.29) is 10.1 Å². The molecule has 1 aliphatic rings. The van der Waals surface area contributed by atoms with E-state index < -0.39 is 10.0 Å². The average Bonchev–Trinajstić information content (AvgIpc) is 2.82. The molecule has 118 valence electrons. The standard InChI is InChI=1S/C11H16BrN3O4S2/c12-8-7-9(20-11(8)21(13,17)18)10(16)14-1-2-15-3-5-19-6-4-15/h7H,1-6H2,(H,14,16)(H2,13,17,18). The molecule has 1 aromatic heterocycles. The van der Waals surface area contributed by atoms with Crippen molar-refractivity contribution in [2.24, 2.45) is 5.14 Å². The van der Waals surface area contributed by atoms with Crippen LogP contribution in [0, 0.1) is 0 Å². The molecule has 10 heteroatoms. The summed E-state index contributed by atoms with van der Waals surface area (Å²) >= 11 is 3.96. The van der Waals surface area contributed by atoms with E-state index in [1.165, 1.54) is 6.07 Å². The number of ether oxygens (including phenoxy) is 1. The maximum absolute atomic E-state index is 12.0. The number of hydrogen-bond acceptors (Lipinski definition) is 6. The Labute approximate surface area is 135 Å². The predicted octanol–water partition coefficient (Wildman–Crippen LogP) is 0.220. The molecule has 21 heavy (non-hydrogen) atoms. The van der Waals surface area contributed by atoms with E-state index in [0.717, 1.165) is 31.0 Å². The number of primary sulfonamides is 1. The molecule has 3 N–H and O–H groups in total. The van der Waals surface area contributed by atoms with Gasteiger partial charge in [-0.2, -0.15) is 0 Å². The average molecular weight is 398 g/mol. The normalized spacial score (nSPS) is 16.9. The number of nitrogens with two attached hydrogens (primary N) is 1. The lowest BCUT2D eigenvalue weighted by Crippen LogP contribution is -2.41. The molecular weight excluding hydrogens is 382 g/mol. The van der Waals surface area contributed by atoms with E-state index in [0.29, 0.717) is 29.1 Å². The van der Waals surface area contributed by atoms with Gasteiger partial charge in [-0.3, -0.25) is 9.69 Å². The molecule has 0 bridgehead atoms. The van der Waals surface area contributed by atoms with Crippen molar-refractivity contribution in [1.82, 2.24) is 10.2 Å². The number of rotatable bonds is 5. The summed E-state index contributed by atoms with van der Waals surface area (Å²) < 4.78 is 28.2. The molecule has 0 aromatic carbocycles. The third kappa shape index (κ3) is 4.73. The Morgan fingerprint density at radius 1 is 1.48 bits per heavy atom. The SMILES string of the molecule is NS(=O)(=O)c1sc(C(=O)NCCN2CCOCC2)cc1Br. The van der Waals surface area contributed by atoms with Crippen LogP contribution in [0.25, 0.3) is 0 Å². The fourth-order valence-electron chi connectivity index (χ4n) is 1.90. The first-order valence-electron chi connectivity index (χ1n) is 6.28. The quantitative estimate of drug-likeness (QED) is 0.739. The first-order chi connectivity index (χ1) is 9.88. The third-order valence-electron chi connectivity index (χ3n) is 2.95. The maximum Gasteiger partial charge on any atom is 0.261 e. The highest BCUT2D eigenvalue weighted by Crippen LogP contribution is 2.30. The van der Waals surface area contributed by atoms with Crippen molar-refractivity contribution in [2.45, 2.75) is 4.21 Å². The first-order valence-corrected chi connectivity index (χ1v) is 9.44. The second-order valence-electron chi connectivity index (χ2n) is 4.50. The largest absolute Gasteiger partial charge is 0.379 e. The Kier molecular flexibility index (Phi) is 5.74. The number of halogens is 1. The summed E-state index contributed by atoms with van der Waals surface area (Å²) in [5.41, 5.74) is 0. The van der Waals surface area contributed by atoms with Gasteiger partial charge in [-0.25, -0.2) is 13.6 Å². The van der Waals surface area contributed by atoms with Crippen LogP contribution in [0.1, 0.15) is 9.67 Å². The molecule has 7 nitrogen and oxygen atoms in total. The zero-order valence-corrected chi connectivity index (χ0v) is 14.4. The molecular formula is C11H16BrN3O4S2. The molecule has 0 unspecified atom stereocenters. The third-order valence-corrected chi connectivity index (χ3v) is 6.72. The van der Waals surface area contributed by atoms with Crippen LogP contribution in [0.2, 0.25) is 0 Å². The van der Waals surface area contributed by atoms with Crippen LogP contribution < -0.4 is 10.5 Å². The van der Waals surface area contributed by atoms with E-state index in [4.69, 9.17) is 9.88 Å². The molecule has 1 aromatic rings. The molecule has 0 spiro atoms. The molecule has 1 amide bonds. The summed E-state index contributed by atoms with van der Waals surface area (Å²) in [5.74, 6) is -0.302. The van der Waals surface area contributed by atoms with E-state index in [9.17, 15) is 13.2 Å². The van der Waals surface area contributed by atoms with Crippen LogP contribution in [0.4, 0.5) is 0 Å². The summed E-state index contributed by atoms with van der Waals surface area (Å²) in [7, 11) is -3.81. The van der Waals surface area contributed by atoms with Crippen LogP contribution in [0.15, 0.2) is 14.7 Å². The molecule has 0 aliphatic carbocycles. The second kappa shape index (κ2) is 7.16. The summed E-state index contributed by atoms with van der Waals surface area (Å²) in [6.45, 7) is 4.38. The number of amides is 1. The molecule has 2 rings (SSSR count). The monoisotopic (exact) mass is 397 g/mol. The minimum atomic E-state index is -3.81. The van der Waals surface area contributed by atoms with Gasteiger partial charge in [0, 0.05) is 30.7 Å². The second-order valence-corrected chi connectivity index (χ2v) is 8.16. The molecule has 0 saturated carbocycles. The van der Waals surface area contributed by atoms with Crippen molar-refractivity contribution < 1.29 is 17.9 Å². The van der Waals surface area contributed by atoms with Gasteiger partial charge in [0.2, 0.25) is 10.0 Å². The first kappa shape index (κ1) is 16.8. The summed E-state index contributed by atoms with van der Waals surface area (Å²) in [5, 5.41) is 7.84. The molecule has 1 aliphatic heterocycles. The van der Waals surface area contributed by atoms with Crippen LogP contribution in [-0.2, 0) is 14.8 Å². The van der Waals surface area contributed by atoms with E-state index >= 15 is 0 Å². The summed E-state index contributed by atoms with van der Waals surface area (Å²) in [6, 6.07) is 1.47. The number of hydrogen-bond donors (Lipinski definition) is 2. The zero-order valence-electron chi connectivity index (χ0n) is 11.2. The van der Waals surface area contributed by atoms with Gasteiger partial charge in [-0.15, -0.1) is 11.3 Å². The fraction of sp³-hybridized carbons (Fsp3) is 0.545. The van der Waals surface area contributed by atoms with Gasteiger partial charge >= 0.3 is 0 Å². The van der Waals surface area contributed by atoms with Crippen molar-refractivity contribution >= 4 is 43.2 Å². The highest BCUT2D eigenvalue weighted by Gasteiger charge is 2.20. The summed E-state index contributed by atoms with van der Waals surface area (Å²) in [4.78, 5) is 14.5. The van der Waals surface area contributed by atoms with Gasteiger partial charge in [-0.05, 0) is 22.0 Å². The lowest BCUT2D eigenvalue weighted by Gasteiger charge is -2.26. The molecule has 1 saturated heterocycles. The van der Waals surface area contributed by atoms with Crippen LogP contribution in [0.3, 0.4) is 0 Å². The van der Waals surface area contributed by atoms with Crippen molar-refractivity contribution in [2.75, 3.05) is 39.4 Å². The number of sulfonamides is 1. The number of carbonyl (C=O) groups is 1. The van der Waals surface area contributed by atoms with Crippen LogP contribution >= 0.6 is 27.3 Å².